The number of halogens is 3. The molecule has 2 heterocycles. The summed E-state index contributed by atoms with van der Waals surface area (Å²) in [4.78, 5) is 28.1. The Labute approximate surface area is 211 Å². The Kier molecular flexibility index (Phi) is 5.78. The van der Waals surface area contributed by atoms with E-state index in [9.17, 15) is 18.0 Å². The van der Waals surface area contributed by atoms with Crippen LogP contribution in [-0.2, 0) is 12.7 Å². The van der Waals surface area contributed by atoms with Gasteiger partial charge in [0.25, 0.3) is 5.91 Å². The fourth-order valence-corrected chi connectivity index (χ4v) is 4.52. The molecule has 9 heteroatoms. The van der Waals surface area contributed by atoms with E-state index in [-0.39, 0.29) is 18.2 Å². The third kappa shape index (κ3) is 4.98. The van der Waals surface area contributed by atoms with Crippen molar-refractivity contribution in [3.05, 3.63) is 83.9 Å². The lowest BCUT2D eigenvalue weighted by atomic mass is 10.0. The summed E-state index contributed by atoms with van der Waals surface area (Å²) in [5.74, 6) is 0.179. The van der Waals surface area contributed by atoms with E-state index in [0.29, 0.717) is 11.7 Å². The molecule has 6 nitrogen and oxygen atoms in total. The average molecular weight is 504 g/mol. The normalized spacial score (nSPS) is 15.5. The molecule has 2 fully saturated rings. The number of carbonyl (C=O) groups is 1. The van der Waals surface area contributed by atoms with Crippen LogP contribution in [0.2, 0.25) is 0 Å². The number of alkyl halides is 3. The number of aromatic nitrogens is 3. The molecule has 0 unspecified atom stereocenters. The van der Waals surface area contributed by atoms with Crippen LogP contribution in [0, 0.1) is 0 Å². The van der Waals surface area contributed by atoms with E-state index in [1.807, 2.05) is 30.3 Å². The lowest BCUT2D eigenvalue weighted by molar-refractivity contribution is -0.138. The van der Waals surface area contributed by atoms with Gasteiger partial charge >= 0.3 is 6.18 Å². The number of nitrogens with zero attached hydrogens (tertiary/aromatic N) is 4. The molecule has 1 amide bonds. The molecule has 0 bridgehead atoms. The van der Waals surface area contributed by atoms with Crippen LogP contribution in [0.1, 0.15) is 47.3 Å². The standard InChI is InChI=1S/C28H24F3N5O/c29-28(30,31)24-4-2-1-3-22(24)27(37)36(21-8-9-21)15-20-13-18(11-12-32-20)17-5-10-25-23(14-17)26(34-16-33-25)35-19-6-7-19/h1-5,10-14,16,19,21H,6-9,15H2,(H,33,34,35). The van der Waals surface area contributed by atoms with Crippen molar-refractivity contribution >= 4 is 22.6 Å². The Balaban J connectivity index is 1.30. The van der Waals surface area contributed by atoms with Gasteiger partial charge in [-0.2, -0.15) is 13.2 Å². The van der Waals surface area contributed by atoms with Gasteiger partial charge in [0.05, 0.1) is 28.9 Å². The zero-order valence-electron chi connectivity index (χ0n) is 19.9. The molecule has 2 saturated carbocycles. The average Bonchev–Trinajstić information content (AvgIpc) is 3.82. The highest BCUT2D eigenvalue weighted by Gasteiger charge is 2.39. The van der Waals surface area contributed by atoms with Gasteiger partial charge in [-0.1, -0.05) is 18.2 Å². The second-order valence-electron chi connectivity index (χ2n) is 9.62. The van der Waals surface area contributed by atoms with Crippen molar-refractivity contribution in [1.82, 2.24) is 19.9 Å². The van der Waals surface area contributed by atoms with Crippen molar-refractivity contribution < 1.29 is 18.0 Å². The lowest BCUT2D eigenvalue weighted by Crippen LogP contribution is -2.34. The number of amides is 1. The van der Waals surface area contributed by atoms with Gasteiger partial charge in [0, 0.05) is 23.7 Å². The topological polar surface area (TPSA) is 71.0 Å². The maximum Gasteiger partial charge on any atom is 0.417 e. The minimum atomic E-state index is -4.60. The molecule has 2 aliphatic carbocycles. The highest BCUT2D eigenvalue weighted by Crippen LogP contribution is 2.36. The van der Waals surface area contributed by atoms with E-state index < -0.39 is 17.6 Å². The quantitative estimate of drug-likeness (QED) is 0.331. The van der Waals surface area contributed by atoms with Crippen LogP contribution in [0.5, 0.6) is 0 Å². The second kappa shape index (κ2) is 9.14. The molecule has 1 N–H and O–H groups in total. The molecule has 2 aliphatic rings. The first-order chi connectivity index (χ1) is 17.9. The van der Waals surface area contributed by atoms with E-state index in [4.69, 9.17) is 0 Å². The molecule has 0 atom stereocenters. The summed E-state index contributed by atoms with van der Waals surface area (Å²) in [6.07, 6.45) is 2.40. The first-order valence-electron chi connectivity index (χ1n) is 12.3. The van der Waals surface area contributed by atoms with Gasteiger partial charge in [-0.15, -0.1) is 0 Å². The van der Waals surface area contributed by atoms with Crippen molar-refractivity contribution in [3.63, 3.8) is 0 Å². The first-order valence-corrected chi connectivity index (χ1v) is 12.3. The number of carbonyl (C=O) groups excluding carboxylic acids is 1. The van der Waals surface area contributed by atoms with Crippen LogP contribution < -0.4 is 5.32 Å². The Morgan fingerprint density at radius 2 is 1.73 bits per heavy atom. The van der Waals surface area contributed by atoms with Crippen LogP contribution in [0.3, 0.4) is 0 Å². The highest BCUT2D eigenvalue weighted by molar-refractivity contribution is 5.96. The minimum absolute atomic E-state index is 0.0897. The maximum atomic E-state index is 13.6. The zero-order valence-corrected chi connectivity index (χ0v) is 19.9. The van der Waals surface area contributed by atoms with Gasteiger partial charge in [-0.05, 0) is 73.2 Å². The molecular formula is C28H24F3N5O. The summed E-state index contributed by atoms with van der Waals surface area (Å²) in [5, 5.41) is 4.37. The Morgan fingerprint density at radius 3 is 2.49 bits per heavy atom. The van der Waals surface area contributed by atoms with Crippen LogP contribution in [0.25, 0.3) is 22.0 Å². The zero-order chi connectivity index (χ0) is 25.6. The number of hydrogen-bond donors (Lipinski definition) is 1. The summed E-state index contributed by atoms with van der Waals surface area (Å²) in [6, 6.07) is 15.0. The van der Waals surface area contributed by atoms with E-state index in [2.05, 4.69) is 20.3 Å². The summed E-state index contributed by atoms with van der Waals surface area (Å²) >= 11 is 0. The number of hydrogen-bond acceptors (Lipinski definition) is 5. The fourth-order valence-electron chi connectivity index (χ4n) is 4.52. The SMILES string of the molecule is O=C(c1ccccc1C(F)(F)F)N(Cc1cc(-c2ccc3ncnc(NC4CC4)c3c2)ccn1)C1CC1. The second-order valence-corrected chi connectivity index (χ2v) is 9.62. The predicted octanol–water partition coefficient (Wildman–Crippen LogP) is 6.09. The molecule has 37 heavy (non-hydrogen) atoms. The van der Waals surface area contributed by atoms with Crippen molar-refractivity contribution in [2.24, 2.45) is 0 Å². The van der Waals surface area contributed by atoms with Gasteiger partial charge in [-0.25, -0.2) is 9.97 Å². The predicted molar refractivity (Wildman–Crippen MR) is 134 cm³/mol. The summed E-state index contributed by atoms with van der Waals surface area (Å²) < 4.78 is 40.7. The Hall–Kier alpha value is -4.01. The smallest absolute Gasteiger partial charge is 0.367 e. The summed E-state index contributed by atoms with van der Waals surface area (Å²) in [5.41, 5.74) is 2.04. The minimum Gasteiger partial charge on any atom is -0.367 e. The van der Waals surface area contributed by atoms with Crippen molar-refractivity contribution in [3.8, 4) is 11.1 Å². The first kappa shape index (κ1) is 23.4. The van der Waals surface area contributed by atoms with Crippen molar-refractivity contribution in [2.45, 2.75) is 50.5 Å². The molecule has 4 aromatic rings. The van der Waals surface area contributed by atoms with E-state index in [0.717, 1.165) is 59.6 Å². The molecule has 0 radical (unpaired) electrons. The van der Waals surface area contributed by atoms with Gasteiger partial charge in [0.1, 0.15) is 12.1 Å². The largest absolute Gasteiger partial charge is 0.417 e. The number of pyridine rings is 1. The molecule has 2 aromatic heterocycles. The maximum absolute atomic E-state index is 13.6. The number of benzene rings is 2. The Morgan fingerprint density at radius 1 is 0.946 bits per heavy atom. The molecule has 2 aromatic carbocycles. The van der Waals surface area contributed by atoms with Crippen LogP contribution >= 0.6 is 0 Å². The molecule has 0 aliphatic heterocycles. The number of nitrogens with one attached hydrogen (secondary N) is 1. The molecule has 6 rings (SSSR count). The monoisotopic (exact) mass is 503 g/mol. The van der Waals surface area contributed by atoms with E-state index >= 15 is 0 Å². The third-order valence-electron chi connectivity index (χ3n) is 6.75. The lowest BCUT2D eigenvalue weighted by Gasteiger charge is -2.24. The van der Waals surface area contributed by atoms with Gasteiger partial charge in [-0.3, -0.25) is 9.78 Å². The molecule has 188 valence electrons. The van der Waals surface area contributed by atoms with Gasteiger partial charge in [0.2, 0.25) is 0 Å². The van der Waals surface area contributed by atoms with Crippen molar-refractivity contribution in [1.29, 1.82) is 0 Å². The molecule has 0 saturated heterocycles. The molecular weight excluding hydrogens is 479 g/mol. The number of fused-ring (bicyclic) bond motifs is 1. The number of rotatable bonds is 7. The molecule has 0 spiro atoms. The summed E-state index contributed by atoms with van der Waals surface area (Å²) in [7, 11) is 0. The van der Waals surface area contributed by atoms with E-state index in [1.54, 1.807) is 12.5 Å². The van der Waals surface area contributed by atoms with E-state index in [1.165, 1.54) is 23.1 Å². The Bertz CT molecular complexity index is 1480. The van der Waals surface area contributed by atoms with Gasteiger partial charge < -0.3 is 10.2 Å². The third-order valence-corrected chi connectivity index (χ3v) is 6.75. The van der Waals surface area contributed by atoms with Crippen LogP contribution in [-0.4, -0.2) is 37.8 Å². The van der Waals surface area contributed by atoms with Crippen LogP contribution in [0.4, 0.5) is 19.0 Å². The fraction of sp³-hybridized carbons (Fsp3) is 0.286. The van der Waals surface area contributed by atoms with Gasteiger partial charge in [0.15, 0.2) is 0 Å². The van der Waals surface area contributed by atoms with Crippen molar-refractivity contribution in [2.75, 3.05) is 5.32 Å². The van der Waals surface area contributed by atoms with Crippen LogP contribution in [0.15, 0.2) is 67.1 Å². The highest BCUT2D eigenvalue weighted by atomic mass is 19.4. The number of anilines is 1. The summed E-state index contributed by atoms with van der Waals surface area (Å²) in [6.45, 7) is 0.134.